The first-order valence-electron chi connectivity index (χ1n) is 8.32. The number of amides is 2. The monoisotopic (exact) mass is 401 g/mol. The van der Waals surface area contributed by atoms with E-state index in [1.165, 1.54) is 11.8 Å². The van der Waals surface area contributed by atoms with Crippen LogP contribution in [0.5, 0.6) is 0 Å². The molecule has 7 nitrogen and oxygen atoms in total. The number of anilines is 1. The first-order valence-corrected chi connectivity index (χ1v) is 10.2. The van der Waals surface area contributed by atoms with Crippen molar-refractivity contribution in [2.45, 2.75) is 12.1 Å². The van der Waals surface area contributed by atoms with Crippen molar-refractivity contribution < 1.29 is 9.59 Å². The van der Waals surface area contributed by atoms with Gasteiger partial charge in [-0.1, -0.05) is 23.9 Å². The van der Waals surface area contributed by atoms with Gasteiger partial charge in [-0.2, -0.15) is 0 Å². The van der Waals surface area contributed by atoms with Crippen molar-refractivity contribution in [2.24, 2.45) is 7.05 Å². The number of hydrogen-bond acceptors (Lipinski definition) is 6. The summed E-state index contributed by atoms with van der Waals surface area (Å²) in [6.45, 7) is 2.41. The molecule has 0 saturated carbocycles. The molecule has 1 aromatic carbocycles. The van der Waals surface area contributed by atoms with Crippen LogP contribution in [0, 0.1) is 0 Å². The number of nitrogens with one attached hydrogen (secondary N) is 2. The molecule has 140 valence electrons. The van der Waals surface area contributed by atoms with Gasteiger partial charge in [-0.3, -0.25) is 9.59 Å². The van der Waals surface area contributed by atoms with Crippen molar-refractivity contribution in [3.63, 3.8) is 0 Å². The van der Waals surface area contributed by atoms with Gasteiger partial charge >= 0.3 is 0 Å². The molecule has 0 aliphatic rings. The first-order chi connectivity index (χ1) is 13.1. The van der Waals surface area contributed by atoms with Crippen LogP contribution in [0.1, 0.15) is 17.3 Å². The maximum Gasteiger partial charge on any atom is 0.251 e. The molecule has 0 saturated heterocycles. The summed E-state index contributed by atoms with van der Waals surface area (Å²) < 4.78 is 1.87. The van der Waals surface area contributed by atoms with Gasteiger partial charge in [-0.05, 0) is 36.6 Å². The fourth-order valence-electron chi connectivity index (χ4n) is 2.39. The predicted molar refractivity (Wildman–Crippen MR) is 108 cm³/mol. The summed E-state index contributed by atoms with van der Waals surface area (Å²) in [6.07, 6.45) is 0. The first kappa shape index (κ1) is 19.1. The molecule has 0 bridgehead atoms. The SMILES string of the molecule is CCNC(=O)c1cccc(NC(=O)CSc2nnc(-c3cccs3)n2C)c1. The number of carbonyl (C=O) groups is 2. The number of aromatic nitrogens is 3. The molecule has 0 fully saturated rings. The van der Waals surface area contributed by atoms with Gasteiger partial charge in [0, 0.05) is 24.8 Å². The average molecular weight is 402 g/mol. The van der Waals surface area contributed by atoms with Crippen molar-refractivity contribution in [3.05, 3.63) is 47.3 Å². The largest absolute Gasteiger partial charge is 0.352 e. The molecule has 27 heavy (non-hydrogen) atoms. The number of nitrogens with zero attached hydrogens (tertiary/aromatic N) is 3. The summed E-state index contributed by atoms with van der Waals surface area (Å²) in [6, 6.07) is 10.8. The van der Waals surface area contributed by atoms with E-state index < -0.39 is 0 Å². The molecule has 2 heterocycles. The van der Waals surface area contributed by atoms with Crippen LogP contribution in [0.25, 0.3) is 10.7 Å². The van der Waals surface area contributed by atoms with E-state index in [0.29, 0.717) is 23.0 Å². The van der Waals surface area contributed by atoms with Gasteiger partial charge < -0.3 is 15.2 Å². The van der Waals surface area contributed by atoms with Crippen LogP contribution in [-0.4, -0.2) is 38.9 Å². The number of carbonyl (C=O) groups excluding carboxylic acids is 2. The second-order valence-corrected chi connectivity index (χ2v) is 7.51. The fourth-order valence-corrected chi connectivity index (χ4v) is 3.84. The minimum atomic E-state index is -0.172. The predicted octanol–water partition coefficient (Wildman–Crippen LogP) is 3.02. The Morgan fingerprint density at radius 3 is 2.81 bits per heavy atom. The Morgan fingerprint density at radius 2 is 2.07 bits per heavy atom. The van der Waals surface area contributed by atoms with E-state index in [-0.39, 0.29) is 17.6 Å². The second-order valence-electron chi connectivity index (χ2n) is 5.62. The zero-order chi connectivity index (χ0) is 19.2. The molecular formula is C18H19N5O2S2. The smallest absolute Gasteiger partial charge is 0.251 e. The quantitative estimate of drug-likeness (QED) is 0.594. The summed E-state index contributed by atoms with van der Waals surface area (Å²) in [4.78, 5) is 25.2. The number of benzene rings is 1. The summed E-state index contributed by atoms with van der Waals surface area (Å²) >= 11 is 2.91. The standard InChI is InChI=1S/C18H19N5O2S2/c1-3-19-17(25)12-6-4-7-13(10-12)20-15(24)11-27-18-22-21-16(23(18)2)14-8-5-9-26-14/h4-10H,3,11H2,1-2H3,(H,19,25)(H,20,24). The molecule has 0 aliphatic heterocycles. The van der Waals surface area contributed by atoms with Crippen molar-refractivity contribution >= 4 is 40.6 Å². The van der Waals surface area contributed by atoms with E-state index in [4.69, 9.17) is 0 Å². The lowest BCUT2D eigenvalue weighted by atomic mass is 10.2. The topological polar surface area (TPSA) is 88.9 Å². The Kier molecular flexibility index (Phi) is 6.25. The third kappa shape index (κ3) is 4.75. The highest BCUT2D eigenvalue weighted by Crippen LogP contribution is 2.26. The van der Waals surface area contributed by atoms with Crippen LogP contribution in [0.2, 0.25) is 0 Å². The maximum atomic E-state index is 12.3. The van der Waals surface area contributed by atoms with Crippen molar-refractivity contribution in [1.82, 2.24) is 20.1 Å². The summed E-state index contributed by atoms with van der Waals surface area (Å²) in [7, 11) is 1.88. The number of rotatable bonds is 7. The van der Waals surface area contributed by atoms with Crippen LogP contribution in [-0.2, 0) is 11.8 Å². The molecule has 3 rings (SSSR count). The van der Waals surface area contributed by atoms with Gasteiger partial charge in [0.1, 0.15) is 0 Å². The number of thioether (sulfide) groups is 1. The number of hydrogen-bond donors (Lipinski definition) is 2. The molecule has 2 amide bonds. The average Bonchev–Trinajstić information content (AvgIpc) is 3.30. The van der Waals surface area contributed by atoms with E-state index in [1.54, 1.807) is 35.6 Å². The van der Waals surface area contributed by atoms with Gasteiger partial charge in [0.2, 0.25) is 5.91 Å². The van der Waals surface area contributed by atoms with Crippen molar-refractivity contribution in [3.8, 4) is 10.7 Å². The minimum absolute atomic E-state index is 0.164. The van der Waals surface area contributed by atoms with E-state index in [2.05, 4.69) is 20.8 Å². The van der Waals surface area contributed by atoms with Crippen LogP contribution in [0.15, 0.2) is 46.9 Å². The summed E-state index contributed by atoms with van der Waals surface area (Å²) in [5.41, 5.74) is 1.10. The summed E-state index contributed by atoms with van der Waals surface area (Å²) in [5.74, 6) is 0.640. The lowest BCUT2D eigenvalue weighted by Gasteiger charge is -2.07. The second kappa shape index (κ2) is 8.83. The Morgan fingerprint density at radius 1 is 1.22 bits per heavy atom. The third-order valence-electron chi connectivity index (χ3n) is 3.65. The lowest BCUT2D eigenvalue weighted by Crippen LogP contribution is -2.23. The van der Waals surface area contributed by atoms with Gasteiger partial charge in [-0.15, -0.1) is 21.5 Å². The lowest BCUT2D eigenvalue weighted by molar-refractivity contribution is -0.113. The number of thiophene rings is 1. The van der Waals surface area contributed by atoms with E-state index >= 15 is 0 Å². The van der Waals surface area contributed by atoms with Crippen LogP contribution >= 0.6 is 23.1 Å². The van der Waals surface area contributed by atoms with Crippen LogP contribution < -0.4 is 10.6 Å². The highest BCUT2D eigenvalue weighted by molar-refractivity contribution is 7.99. The maximum absolute atomic E-state index is 12.3. The van der Waals surface area contributed by atoms with Gasteiger partial charge in [0.05, 0.1) is 10.6 Å². The van der Waals surface area contributed by atoms with Crippen molar-refractivity contribution in [1.29, 1.82) is 0 Å². The molecule has 2 aromatic heterocycles. The van der Waals surface area contributed by atoms with Gasteiger partial charge in [0.15, 0.2) is 11.0 Å². The zero-order valence-corrected chi connectivity index (χ0v) is 16.6. The third-order valence-corrected chi connectivity index (χ3v) is 5.54. The highest BCUT2D eigenvalue weighted by atomic mass is 32.2. The zero-order valence-electron chi connectivity index (χ0n) is 14.9. The van der Waals surface area contributed by atoms with Crippen LogP contribution in [0.3, 0.4) is 0 Å². The highest BCUT2D eigenvalue weighted by Gasteiger charge is 2.14. The Bertz CT molecular complexity index is 937. The van der Waals surface area contributed by atoms with Gasteiger partial charge in [0.25, 0.3) is 5.91 Å². The molecule has 9 heteroatoms. The Balaban J connectivity index is 1.59. The summed E-state index contributed by atoms with van der Waals surface area (Å²) in [5, 5.41) is 16.6. The minimum Gasteiger partial charge on any atom is -0.352 e. The van der Waals surface area contributed by atoms with E-state index in [9.17, 15) is 9.59 Å². The molecule has 0 radical (unpaired) electrons. The fraction of sp³-hybridized carbons (Fsp3) is 0.222. The van der Waals surface area contributed by atoms with E-state index in [1.807, 2.05) is 36.1 Å². The van der Waals surface area contributed by atoms with Gasteiger partial charge in [-0.25, -0.2) is 0 Å². The van der Waals surface area contributed by atoms with Crippen molar-refractivity contribution in [2.75, 3.05) is 17.6 Å². The molecular weight excluding hydrogens is 382 g/mol. The van der Waals surface area contributed by atoms with E-state index in [0.717, 1.165) is 10.7 Å². The molecule has 0 aliphatic carbocycles. The normalized spacial score (nSPS) is 10.6. The Labute approximate surface area is 165 Å². The molecule has 0 unspecified atom stereocenters. The molecule has 2 N–H and O–H groups in total. The Hall–Kier alpha value is -2.65. The molecule has 3 aromatic rings. The molecule has 0 atom stereocenters. The van der Waals surface area contributed by atoms with Crippen LogP contribution in [0.4, 0.5) is 5.69 Å². The molecule has 0 spiro atoms.